The predicted octanol–water partition coefficient (Wildman–Crippen LogP) is 2.45. The Labute approximate surface area is 135 Å². The Morgan fingerprint density at radius 3 is 2.67 bits per heavy atom. The first-order chi connectivity index (χ1) is 11.5. The Morgan fingerprint density at radius 1 is 1.33 bits per heavy atom. The van der Waals surface area contributed by atoms with E-state index >= 15 is 0 Å². The van der Waals surface area contributed by atoms with Crippen LogP contribution in [0.4, 0.5) is 0 Å². The van der Waals surface area contributed by atoms with E-state index in [-0.39, 0.29) is 23.9 Å². The predicted molar refractivity (Wildman–Crippen MR) is 81.7 cm³/mol. The molecule has 0 aliphatic rings. The van der Waals surface area contributed by atoms with Crippen molar-refractivity contribution < 1.29 is 28.2 Å². The number of carbonyl (C=O) groups is 2. The van der Waals surface area contributed by atoms with Gasteiger partial charge in [-0.15, -0.1) is 0 Å². The van der Waals surface area contributed by atoms with Gasteiger partial charge in [0.1, 0.15) is 23.9 Å². The Hall–Kier alpha value is -3.23. The minimum atomic E-state index is -0.802. The van der Waals surface area contributed by atoms with Crippen molar-refractivity contribution in [2.24, 2.45) is 5.11 Å². The lowest BCUT2D eigenvalue weighted by atomic mass is 10.3. The van der Waals surface area contributed by atoms with Gasteiger partial charge < -0.3 is 18.6 Å². The number of fused-ring (bicyclic) bond motifs is 1. The van der Waals surface area contributed by atoms with Gasteiger partial charge in [-0.25, -0.2) is 9.59 Å². The number of aromatic nitrogens is 1. The summed E-state index contributed by atoms with van der Waals surface area (Å²) in [6, 6.07) is 3.14. The number of carbonyl (C=O) groups excluding carboxylic acids is 2. The van der Waals surface area contributed by atoms with Gasteiger partial charge in [-0.05, 0) is 23.7 Å². The van der Waals surface area contributed by atoms with Crippen LogP contribution in [0.25, 0.3) is 27.6 Å². The molecule has 126 valence electrons. The summed E-state index contributed by atoms with van der Waals surface area (Å²) < 4.78 is 21.4. The maximum absolute atomic E-state index is 11.8. The Bertz CT molecular complexity index is 856. The topological polar surface area (TPSA) is 129 Å². The van der Waals surface area contributed by atoms with Crippen LogP contribution in [0.2, 0.25) is 0 Å². The summed E-state index contributed by atoms with van der Waals surface area (Å²) in [5.74, 6) is -1.10. The van der Waals surface area contributed by atoms with E-state index in [4.69, 9.17) is 19.4 Å². The van der Waals surface area contributed by atoms with Crippen molar-refractivity contribution in [3.05, 3.63) is 39.7 Å². The lowest BCUT2D eigenvalue weighted by molar-refractivity contribution is -0.136. The average Bonchev–Trinajstić information content (AvgIpc) is 3.12. The molecule has 2 rings (SSSR count). The van der Waals surface area contributed by atoms with Crippen LogP contribution >= 0.6 is 0 Å². The second-order valence-electron chi connectivity index (χ2n) is 4.49. The quantitative estimate of drug-likeness (QED) is 0.262. The maximum Gasteiger partial charge on any atom is 0.354 e. The first-order valence-corrected chi connectivity index (χ1v) is 6.61. The van der Waals surface area contributed by atoms with E-state index < -0.39 is 11.9 Å². The molecule has 0 N–H and O–H groups in total. The van der Waals surface area contributed by atoms with Gasteiger partial charge in [0.25, 0.3) is 0 Å². The molecule has 0 bridgehead atoms. The van der Waals surface area contributed by atoms with Crippen molar-refractivity contribution in [3.8, 4) is 0 Å². The molecule has 10 heteroatoms. The molecule has 0 aromatic carbocycles. The van der Waals surface area contributed by atoms with Crippen LogP contribution in [0.1, 0.15) is 16.2 Å². The van der Waals surface area contributed by atoms with Gasteiger partial charge in [-0.2, -0.15) is 0 Å². The van der Waals surface area contributed by atoms with Crippen molar-refractivity contribution >= 4 is 29.1 Å². The summed E-state index contributed by atoms with van der Waals surface area (Å²) in [6.07, 6.45) is 1.24. The Kier molecular flexibility index (Phi) is 5.25. The number of ether oxygens (including phenoxy) is 3. The highest BCUT2D eigenvalue weighted by atomic mass is 16.5. The number of esters is 2. The SMILES string of the molecule is COCn1c(C(=O)OC)cc2cc(/C=C(\N=[N+]=[N-])C(=O)OC)oc21. The molecule has 10 nitrogen and oxygen atoms in total. The molecule has 24 heavy (non-hydrogen) atoms. The number of nitrogens with zero attached hydrogens (tertiary/aromatic N) is 4. The molecule has 0 atom stereocenters. The van der Waals surface area contributed by atoms with E-state index in [1.165, 1.54) is 24.9 Å². The summed E-state index contributed by atoms with van der Waals surface area (Å²) in [4.78, 5) is 25.9. The molecule has 0 spiro atoms. The van der Waals surface area contributed by atoms with E-state index in [9.17, 15) is 9.59 Å². The molecule has 0 aliphatic heterocycles. The zero-order chi connectivity index (χ0) is 17.7. The smallest absolute Gasteiger partial charge is 0.354 e. The van der Waals surface area contributed by atoms with Crippen LogP contribution in [0.3, 0.4) is 0 Å². The van der Waals surface area contributed by atoms with Gasteiger partial charge in [-0.3, -0.25) is 4.57 Å². The molecule has 0 unspecified atom stereocenters. The van der Waals surface area contributed by atoms with Gasteiger partial charge in [-0.1, -0.05) is 5.11 Å². The fraction of sp³-hybridized carbons (Fsp3) is 0.286. The van der Waals surface area contributed by atoms with E-state index in [0.29, 0.717) is 11.1 Å². The van der Waals surface area contributed by atoms with Crippen molar-refractivity contribution in [1.29, 1.82) is 0 Å². The van der Waals surface area contributed by atoms with Crippen LogP contribution in [0, 0.1) is 0 Å². The summed E-state index contributed by atoms with van der Waals surface area (Å²) in [6.45, 7) is 0.0603. The summed E-state index contributed by atoms with van der Waals surface area (Å²) in [5.41, 5.74) is 8.84. The normalized spacial score (nSPS) is 11.2. The second kappa shape index (κ2) is 7.36. The van der Waals surface area contributed by atoms with Gasteiger partial charge in [0, 0.05) is 17.4 Å². The molecule has 0 aliphatic carbocycles. The number of hydrogen-bond donors (Lipinski definition) is 0. The first-order valence-electron chi connectivity index (χ1n) is 6.61. The molecule has 0 amide bonds. The highest BCUT2D eigenvalue weighted by molar-refractivity contribution is 5.96. The lowest BCUT2D eigenvalue weighted by Gasteiger charge is -2.06. The van der Waals surface area contributed by atoms with Crippen molar-refractivity contribution in [3.63, 3.8) is 0 Å². The maximum atomic E-state index is 11.8. The number of hydrogen-bond acceptors (Lipinski definition) is 7. The largest absolute Gasteiger partial charge is 0.466 e. The first kappa shape index (κ1) is 17.1. The van der Waals surface area contributed by atoms with Crippen LogP contribution in [0.15, 0.2) is 27.4 Å². The third-order valence-electron chi connectivity index (χ3n) is 3.07. The highest BCUT2D eigenvalue weighted by Crippen LogP contribution is 2.26. The molecule has 2 aromatic heterocycles. The summed E-state index contributed by atoms with van der Waals surface area (Å²) in [5, 5.41) is 3.85. The minimum Gasteiger partial charge on any atom is -0.466 e. The second-order valence-corrected chi connectivity index (χ2v) is 4.49. The van der Waals surface area contributed by atoms with E-state index in [0.717, 1.165) is 7.11 Å². The van der Waals surface area contributed by atoms with E-state index in [1.807, 2.05) is 0 Å². The van der Waals surface area contributed by atoms with Crippen LogP contribution in [0.5, 0.6) is 0 Å². The van der Waals surface area contributed by atoms with Crippen LogP contribution in [-0.2, 0) is 25.7 Å². The average molecular weight is 334 g/mol. The van der Waals surface area contributed by atoms with E-state index in [1.54, 1.807) is 12.1 Å². The van der Waals surface area contributed by atoms with Crippen molar-refractivity contribution in [1.82, 2.24) is 4.57 Å². The van der Waals surface area contributed by atoms with Gasteiger partial charge >= 0.3 is 11.9 Å². The van der Waals surface area contributed by atoms with Gasteiger partial charge in [0.15, 0.2) is 0 Å². The highest BCUT2D eigenvalue weighted by Gasteiger charge is 2.19. The zero-order valence-electron chi connectivity index (χ0n) is 13.2. The number of azide groups is 1. The van der Waals surface area contributed by atoms with Crippen molar-refractivity contribution in [2.45, 2.75) is 6.73 Å². The Balaban J connectivity index is 2.54. The Morgan fingerprint density at radius 2 is 2.08 bits per heavy atom. The number of furan rings is 1. The minimum absolute atomic E-state index is 0.0603. The van der Waals surface area contributed by atoms with Gasteiger partial charge in [0.2, 0.25) is 5.71 Å². The molecule has 2 aromatic rings. The van der Waals surface area contributed by atoms with Crippen LogP contribution in [-0.4, -0.2) is 37.8 Å². The number of methoxy groups -OCH3 is 3. The molecule has 0 fully saturated rings. The van der Waals surface area contributed by atoms with E-state index in [2.05, 4.69) is 14.8 Å². The standard InChI is InChI=1S/C14H14N4O6/c1-21-7-18-11(14(20)23-3)5-8-4-9(24-12(8)18)6-10(16-17-15)13(19)22-2/h4-6H,7H2,1-3H3/b10-6-. The summed E-state index contributed by atoms with van der Waals surface area (Å²) >= 11 is 0. The molecular formula is C14H14N4O6. The third kappa shape index (κ3) is 3.24. The monoisotopic (exact) mass is 334 g/mol. The van der Waals surface area contributed by atoms with Crippen LogP contribution < -0.4 is 0 Å². The summed E-state index contributed by atoms with van der Waals surface area (Å²) in [7, 11) is 3.90. The molecule has 0 radical (unpaired) electrons. The zero-order valence-corrected chi connectivity index (χ0v) is 13.2. The fourth-order valence-electron chi connectivity index (χ4n) is 2.08. The molecular weight excluding hydrogens is 320 g/mol. The molecule has 2 heterocycles. The molecule has 0 saturated heterocycles. The third-order valence-corrected chi connectivity index (χ3v) is 3.07. The fourth-order valence-corrected chi connectivity index (χ4v) is 2.08. The number of rotatable bonds is 6. The lowest BCUT2D eigenvalue weighted by Crippen LogP contribution is -2.11. The van der Waals surface area contributed by atoms with Gasteiger partial charge in [0.05, 0.1) is 14.2 Å². The van der Waals surface area contributed by atoms with Crippen molar-refractivity contribution in [2.75, 3.05) is 21.3 Å². The molecule has 0 saturated carbocycles.